The van der Waals surface area contributed by atoms with E-state index in [2.05, 4.69) is 10.6 Å². The lowest BCUT2D eigenvalue weighted by Crippen LogP contribution is -2.40. The SMILES string of the molecule is COc1cccc(CCNC(=O)C2(C(=O)Nc3ccccc3OC)CC2)c1. The molecule has 3 rings (SSSR count). The number of benzene rings is 2. The quantitative estimate of drug-likeness (QED) is 0.703. The Morgan fingerprint density at radius 3 is 2.48 bits per heavy atom. The molecule has 1 aliphatic carbocycles. The highest BCUT2D eigenvalue weighted by Crippen LogP contribution is 2.47. The Balaban J connectivity index is 1.56. The van der Waals surface area contributed by atoms with E-state index in [4.69, 9.17) is 9.47 Å². The first-order valence-corrected chi connectivity index (χ1v) is 8.95. The molecule has 0 aliphatic heterocycles. The van der Waals surface area contributed by atoms with Gasteiger partial charge in [-0.15, -0.1) is 0 Å². The lowest BCUT2D eigenvalue weighted by molar-refractivity contribution is -0.134. The van der Waals surface area contributed by atoms with E-state index in [1.807, 2.05) is 36.4 Å². The molecule has 6 heteroatoms. The third-order valence-corrected chi connectivity index (χ3v) is 4.81. The van der Waals surface area contributed by atoms with Gasteiger partial charge in [-0.1, -0.05) is 24.3 Å². The molecule has 142 valence electrons. The van der Waals surface area contributed by atoms with Crippen LogP contribution in [0.4, 0.5) is 5.69 Å². The lowest BCUT2D eigenvalue weighted by atomic mass is 10.0. The van der Waals surface area contributed by atoms with E-state index in [0.717, 1.165) is 11.3 Å². The summed E-state index contributed by atoms with van der Waals surface area (Å²) in [6.07, 6.45) is 1.78. The van der Waals surface area contributed by atoms with Crippen molar-refractivity contribution in [1.82, 2.24) is 5.32 Å². The summed E-state index contributed by atoms with van der Waals surface area (Å²) in [7, 11) is 3.17. The molecule has 0 aromatic heterocycles. The zero-order valence-electron chi connectivity index (χ0n) is 15.6. The largest absolute Gasteiger partial charge is 0.497 e. The summed E-state index contributed by atoms with van der Waals surface area (Å²) < 4.78 is 10.4. The lowest BCUT2D eigenvalue weighted by Gasteiger charge is -2.17. The van der Waals surface area contributed by atoms with E-state index in [9.17, 15) is 9.59 Å². The number of carbonyl (C=O) groups is 2. The molecule has 2 aromatic carbocycles. The Labute approximate surface area is 158 Å². The summed E-state index contributed by atoms with van der Waals surface area (Å²) in [5.41, 5.74) is 0.660. The summed E-state index contributed by atoms with van der Waals surface area (Å²) in [4.78, 5) is 25.3. The van der Waals surface area contributed by atoms with Gasteiger partial charge in [-0.3, -0.25) is 9.59 Å². The van der Waals surface area contributed by atoms with Crippen LogP contribution in [0.15, 0.2) is 48.5 Å². The summed E-state index contributed by atoms with van der Waals surface area (Å²) in [5, 5.41) is 5.72. The Morgan fingerprint density at radius 2 is 1.78 bits per heavy atom. The molecule has 0 heterocycles. The van der Waals surface area contributed by atoms with Crippen molar-refractivity contribution in [2.45, 2.75) is 19.3 Å². The van der Waals surface area contributed by atoms with Crippen LogP contribution in [0.3, 0.4) is 0 Å². The number of methoxy groups -OCH3 is 2. The molecule has 6 nitrogen and oxygen atoms in total. The Hall–Kier alpha value is -3.02. The molecule has 2 N–H and O–H groups in total. The number of nitrogens with one attached hydrogen (secondary N) is 2. The highest BCUT2D eigenvalue weighted by atomic mass is 16.5. The maximum absolute atomic E-state index is 12.7. The summed E-state index contributed by atoms with van der Waals surface area (Å²) in [5.74, 6) is 0.845. The fourth-order valence-electron chi connectivity index (χ4n) is 2.99. The number of rotatable bonds is 8. The van der Waals surface area contributed by atoms with Crippen molar-refractivity contribution in [3.05, 3.63) is 54.1 Å². The molecule has 1 saturated carbocycles. The standard InChI is InChI=1S/C21H24N2O4/c1-26-16-7-5-6-15(14-16)10-13-22-19(24)21(11-12-21)20(25)23-17-8-3-4-9-18(17)27-2/h3-9,14H,10-13H2,1-2H3,(H,22,24)(H,23,25). The van der Waals surface area contributed by atoms with E-state index in [-0.39, 0.29) is 11.8 Å². The number of ether oxygens (including phenoxy) is 2. The van der Waals surface area contributed by atoms with E-state index in [0.29, 0.717) is 37.2 Å². The third kappa shape index (κ3) is 4.22. The Kier molecular flexibility index (Phi) is 5.64. The van der Waals surface area contributed by atoms with E-state index < -0.39 is 5.41 Å². The fraction of sp³-hybridized carbons (Fsp3) is 0.333. The van der Waals surface area contributed by atoms with Gasteiger partial charge in [0.2, 0.25) is 11.8 Å². The number of para-hydroxylation sites is 2. The Bertz CT molecular complexity index is 830. The van der Waals surface area contributed by atoms with E-state index in [1.54, 1.807) is 26.4 Å². The second-order valence-corrected chi connectivity index (χ2v) is 6.59. The minimum Gasteiger partial charge on any atom is -0.497 e. The third-order valence-electron chi connectivity index (χ3n) is 4.81. The number of hydrogen-bond acceptors (Lipinski definition) is 4. The summed E-state index contributed by atoms with van der Waals surface area (Å²) >= 11 is 0. The van der Waals surface area contributed by atoms with Gasteiger partial charge in [0.25, 0.3) is 0 Å². The van der Waals surface area contributed by atoms with Gasteiger partial charge >= 0.3 is 0 Å². The van der Waals surface area contributed by atoms with Crippen LogP contribution in [0, 0.1) is 5.41 Å². The zero-order chi connectivity index (χ0) is 19.3. The fourth-order valence-corrected chi connectivity index (χ4v) is 2.99. The second kappa shape index (κ2) is 8.12. The van der Waals surface area contributed by atoms with Crippen molar-refractivity contribution in [3.8, 4) is 11.5 Å². The summed E-state index contributed by atoms with van der Waals surface area (Å²) in [6, 6.07) is 14.9. The van der Waals surface area contributed by atoms with Gasteiger partial charge in [0.05, 0.1) is 19.9 Å². The van der Waals surface area contributed by atoms with Crippen molar-refractivity contribution in [2.75, 3.05) is 26.1 Å². The van der Waals surface area contributed by atoms with Crippen LogP contribution in [0.1, 0.15) is 18.4 Å². The van der Waals surface area contributed by atoms with Crippen LogP contribution in [-0.2, 0) is 16.0 Å². The van der Waals surface area contributed by atoms with Gasteiger partial charge in [0, 0.05) is 6.54 Å². The van der Waals surface area contributed by atoms with Crippen LogP contribution in [0.5, 0.6) is 11.5 Å². The average molecular weight is 368 g/mol. The van der Waals surface area contributed by atoms with Gasteiger partial charge < -0.3 is 20.1 Å². The van der Waals surface area contributed by atoms with Crippen LogP contribution >= 0.6 is 0 Å². The first-order chi connectivity index (χ1) is 13.1. The highest BCUT2D eigenvalue weighted by Gasteiger charge is 2.56. The van der Waals surface area contributed by atoms with Crippen molar-refractivity contribution in [2.24, 2.45) is 5.41 Å². The molecule has 2 amide bonds. The van der Waals surface area contributed by atoms with Crippen LogP contribution in [0.25, 0.3) is 0 Å². The van der Waals surface area contributed by atoms with Gasteiger partial charge in [-0.25, -0.2) is 0 Å². The first kappa shape index (κ1) is 18.8. The minimum absolute atomic E-state index is 0.224. The molecule has 0 bridgehead atoms. The summed E-state index contributed by atoms with van der Waals surface area (Å²) in [6.45, 7) is 0.468. The normalized spacial score (nSPS) is 14.1. The van der Waals surface area contributed by atoms with E-state index in [1.165, 1.54) is 0 Å². The van der Waals surface area contributed by atoms with Crippen molar-refractivity contribution < 1.29 is 19.1 Å². The van der Waals surface area contributed by atoms with Crippen molar-refractivity contribution >= 4 is 17.5 Å². The molecule has 27 heavy (non-hydrogen) atoms. The first-order valence-electron chi connectivity index (χ1n) is 8.95. The molecule has 0 saturated heterocycles. The number of amides is 2. The van der Waals surface area contributed by atoms with Crippen LogP contribution in [-0.4, -0.2) is 32.6 Å². The molecule has 0 unspecified atom stereocenters. The molecule has 1 fully saturated rings. The molecule has 0 spiro atoms. The average Bonchev–Trinajstić information content (AvgIpc) is 3.50. The number of hydrogen-bond donors (Lipinski definition) is 2. The second-order valence-electron chi connectivity index (χ2n) is 6.59. The molecular weight excluding hydrogens is 344 g/mol. The minimum atomic E-state index is -0.977. The van der Waals surface area contributed by atoms with Crippen molar-refractivity contribution in [3.63, 3.8) is 0 Å². The van der Waals surface area contributed by atoms with Gasteiger partial charge in [0.15, 0.2) is 0 Å². The van der Waals surface area contributed by atoms with Crippen molar-refractivity contribution in [1.29, 1.82) is 0 Å². The molecule has 1 aliphatic rings. The number of carbonyl (C=O) groups excluding carboxylic acids is 2. The maximum Gasteiger partial charge on any atom is 0.240 e. The topological polar surface area (TPSA) is 76.7 Å². The highest BCUT2D eigenvalue weighted by molar-refractivity contribution is 6.13. The smallest absolute Gasteiger partial charge is 0.240 e. The monoisotopic (exact) mass is 368 g/mol. The van der Waals surface area contributed by atoms with Gasteiger partial charge in [-0.2, -0.15) is 0 Å². The van der Waals surface area contributed by atoms with Gasteiger partial charge in [0.1, 0.15) is 16.9 Å². The molecule has 2 aromatic rings. The zero-order valence-corrected chi connectivity index (χ0v) is 15.6. The predicted molar refractivity (Wildman–Crippen MR) is 103 cm³/mol. The Morgan fingerprint density at radius 1 is 1.00 bits per heavy atom. The van der Waals surface area contributed by atoms with Gasteiger partial charge in [-0.05, 0) is 49.1 Å². The molecule has 0 radical (unpaired) electrons. The maximum atomic E-state index is 12.7. The van der Waals surface area contributed by atoms with Crippen LogP contribution < -0.4 is 20.1 Å². The van der Waals surface area contributed by atoms with E-state index >= 15 is 0 Å². The molecular formula is C21H24N2O4. The predicted octanol–water partition coefficient (Wildman–Crippen LogP) is 2.78. The number of anilines is 1. The molecule has 0 atom stereocenters. The van der Waals surface area contributed by atoms with Crippen LogP contribution in [0.2, 0.25) is 0 Å².